The van der Waals surface area contributed by atoms with Crippen LogP contribution in [0.4, 0.5) is 0 Å². The van der Waals surface area contributed by atoms with E-state index in [0.29, 0.717) is 6.47 Å². The minimum Gasteiger partial charge on any atom is -0.462 e. The second-order valence-electron chi connectivity index (χ2n) is 10.9. The molecule has 0 bridgehead atoms. The number of hydrogen-bond acceptors (Lipinski definition) is 4. The van der Waals surface area contributed by atoms with Crippen molar-refractivity contribution in [1.82, 2.24) is 0 Å². The third kappa shape index (κ3) is 12.5. The van der Waals surface area contributed by atoms with Crippen LogP contribution in [0.5, 0.6) is 0 Å². The predicted octanol–water partition coefficient (Wildman–Crippen LogP) is 6.54. The lowest BCUT2D eigenvalue weighted by molar-refractivity contribution is -0.146. The molecule has 0 aliphatic carbocycles. The zero-order valence-corrected chi connectivity index (χ0v) is 20.4. The van der Waals surface area contributed by atoms with Crippen molar-refractivity contribution < 1.29 is 19.1 Å². The zero-order chi connectivity index (χ0) is 23.1. The Balaban J connectivity index is 0.000000551. The summed E-state index contributed by atoms with van der Waals surface area (Å²) in [5.74, 6) is 0.205. The van der Waals surface area contributed by atoms with E-state index < -0.39 is 5.60 Å². The number of carbonyl (C=O) groups is 2. The van der Waals surface area contributed by atoms with Gasteiger partial charge in [0.1, 0.15) is 5.60 Å². The van der Waals surface area contributed by atoms with Gasteiger partial charge in [0.2, 0.25) is 0 Å². The number of benzene rings is 1. The van der Waals surface area contributed by atoms with Crippen LogP contribution in [0, 0.1) is 12.3 Å². The summed E-state index contributed by atoms with van der Waals surface area (Å²) >= 11 is 0. The molecular formula is C25H42O4. The number of carbonyl (C=O) groups excluding carboxylic acids is 2. The molecule has 0 fully saturated rings. The fourth-order valence-corrected chi connectivity index (χ4v) is 2.89. The van der Waals surface area contributed by atoms with Crippen LogP contribution in [0.3, 0.4) is 0 Å². The fraction of sp³-hybridized carbons (Fsp3) is 0.680. The lowest BCUT2D eigenvalue weighted by atomic mass is 9.86. The van der Waals surface area contributed by atoms with Crippen molar-refractivity contribution in [3.8, 4) is 0 Å². The topological polar surface area (TPSA) is 52.6 Å². The molecule has 1 aromatic carbocycles. The third-order valence-electron chi connectivity index (χ3n) is 4.24. The zero-order valence-electron chi connectivity index (χ0n) is 20.4. The van der Waals surface area contributed by atoms with Crippen molar-refractivity contribution in [1.29, 1.82) is 0 Å². The van der Waals surface area contributed by atoms with Crippen molar-refractivity contribution in [2.24, 2.45) is 5.41 Å². The van der Waals surface area contributed by atoms with Gasteiger partial charge in [-0.15, -0.1) is 0 Å². The number of ether oxygens (including phenoxy) is 2. The van der Waals surface area contributed by atoms with E-state index in [-0.39, 0.29) is 22.4 Å². The van der Waals surface area contributed by atoms with Crippen LogP contribution in [0.15, 0.2) is 24.3 Å². The molecule has 4 nitrogen and oxygen atoms in total. The van der Waals surface area contributed by atoms with Crippen LogP contribution in [0.2, 0.25) is 0 Å². The molecule has 0 radical (unpaired) electrons. The number of Topliss-reactive ketones (excluding diaryl/α,β-unsaturated/α-hetero) is 1. The second kappa shape index (κ2) is 10.4. The van der Waals surface area contributed by atoms with Crippen molar-refractivity contribution in [3.05, 3.63) is 35.4 Å². The molecule has 0 heterocycles. The Bertz CT molecular complexity index is 658. The predicted molar refractivity (Wildman–Crippen MR) is 120 cm³/mol. The molecule has 0 aliphatic heterocycles. The summed E-state index contributed by atoms with van der Waals surface area (Å²) in [6.45, 7) is 22.4. The van der Waals surface area contributed by atoms with E-state index in [4.69, 9.17) is 9.47 Å². The first-order valence-corrected chi connectivity index (χ1v) is 10.3. The number of rotatable bonds is 7. The first kappa shape index (κ1) is 27.3. The maximum Gasteiger partial charge on any atom is 0.293 e. The first-order valence-electron chi connectivity index (χ1n) is 10.3. The van der Waals surface area contributed by atoms with E-state index in [1.807, 2.05) is 86.6 Å². The summed E-state index contributed by atoms with van der Waals surface area (Å²) in [5.41, 5.74) is 0.886. The summed E-state index contributed by atoms with van der Waals surface area (Å²) in [6, 6.07) is 7.74. The number of ketones is 1. The maximum atomic E-state index is 11.8. The molecular weight excluding hydrogens is 364 g/mol. The highest BCUT2D eigenvalue weighted by Gasteiger charge is 2.29. The smallest absolute Gasteiger partial charge is 0.293 e. The fourth-order valence-electron chi connectivity index (χ4n) is 2.89. The largest absolute Gasteiger partial charge is 0.462 e. The summed E-state index contributed by atoms with van der Waals surface area (Å²) < 4.78 is 11.0. The van der Waals surface area contributed by atoms with Gasteiger partial charge in [-0.3, -0.25) is 9.59 Å². The van der Waals surface area contributed by atoms with Crippen LogP contribution in [0.25, 0.3) is 0 Å². The van der Waals surface area contributed by atoms with E-state index in [0.717, 1.165) is 24.0 Å². The molecule has 0 atom stereocenters. The Hall–Kier alpha value is -1.68. The van der Waals surface area contributed by atoms with E-state index >= 15 is 0 Å². The minimum atomic E-state index is -0.416. The van der Waals surface area contributed by atoms with Gasteiger partial charge < -0.3 is 9.47 Å². The van der Waals surface area contributed by atoms with E-state index in [1.165, 1.54) is 0 Å². The molecule has 0 amide bonds. The lowest BCUT2D eigenvalue weighted by Crippen LogP contribution is -2.37. The van der Waals surface area contributed by atoms with Gasteiger partial charge in [0.05, 0.1) is 11.2 Å². The summed E-state index contributed by atoms with van der Waals surface area (Å²) in [5, 5.41) is 0. The quantitative estimate of drug-likeness (QED) is 0.381. The van der Waals surface area contributed by atoms with Gasteiger partial charge in [0.15, 0.2) is 5.78 Å². The summed E-state index contributed by atoms with van der Waals surface area (Å²) in [7, 11) is 0. The number of hydrogen-bond donors (Lipinski definition) is 0. The molecule has 0 saturated heterocycles. The molecule has 0 aromatic heterocycles. The van der Waals surface area contributed by atoms with Crippen molar-refractivity contribution >= 4 is 12.3 Å². The van der Waals surface area contributed by atoms with Crippen LogP contribution >= 0.6 is 0 Å². The normalized spacial score (nSPS) is 12.7. The highest BCUT2D eigenvalue weighted by Crippen LogP contribution is 2.28. The summed E-state index contributed by atoms with van der Waals surface area (Å²) in [6.07, 6.45) is 1.64. The Morgan fingerprint density at radius 1 is 0.897 bits per heavy atom. The van der Waals surface area contributed by atoms with Gasteiger partial charge in [-0.05, 0) is 74.3 Å². The standard InChI is InChI=1S/C13H26O3.C12H16O/c1-11(2,3)16-13(6,7)9-8-12(4,5)15-10-14;1-9-6-5-7-10(8-9)11(13)12(2,3)4/h10H,8-9H2,1-7H3;5-8H,1-4H3. The minimum absolute atomic E-state index is 0.154. The van der Waals surface area contributed by atoms with Crippen molar-refractivity contribution in [3.63, 3.8) is 0 Å². The summed E-state index contributed by atoms with van der Waals surface area (Å²) in [4.78, 5) is 22.1. The highest BCUT2D eigenvalue weighted by atomic mass is 16.5. The van der Waals surface area contributed by atoms with E-state index in [9.17, 15) is 9.59 Å². The Labute approximate surface area is 178 Å². The first-order chi connectivity index (χ1) is 12.9. The average Bonchev–Trinajstić information content (AvgIpc) is 2.50. The second-order valence-corrected chi connectivity index (χ2v) is 10.9. The van der Waals surface area contributed by atoms with Crippen molar-refractivity contribution in [2.45, 2.75) is 106 Å². The number of aryl methyl sites for hydroxylation is 1. The highest BCUT2D eigenvalue weighted by molar-refractivity contribution is 5.99. The van der Waals surface area contributed by atoms with Gasteiger partial charge in [0, 0.05) is 11.0 Å². The molecule has 0 aliphatic rings. The van der Waals surface area contributed by atoms with Gasteiger partial charge in [-0.25, -0.2) is 0 Å². The molecule has 0 saturated carbocycles. The van der Waals surface area contributed by atoms with E-state index in [2.05, 4.69) is 13.8 Å². The molecule has 1 aromatic rings. The molecule has 29 heavy (non-hydrogen) atoms. The molecule has 4 heteroatoms. The Morgan fingerprint density at radius 2 is 1.41 bits per heavy atom. The van der Waals surface area contributed by atoms with Gasteiger partial charge in [-0.1, -0.05) is 44.5 Å². The third-order valence-corrected chi connectivity index (χ3v) is 4.24. The lowest BCUT2D eigenvalue weighted by Gasteiger charge is -2.35. The monoisotopic (exact) mass is 406 g/mol. The van der Waals surface area contributed by atoms with Gasteiger partial charge in [0.25, 0.3) is 6.47 Å². The van der Waals surface area contributed by atoms with Crippen molar-refractivity contribution in [2.75, 3.05) is 0 Å². The molecule has 0 unspecified atom stereocenters. The van der Waals surface area contributed by atoms with Gasteiger partial charge >= 0.3 is 0 Å². The average molecular weight is 407 g/mol. The molecule has 0 spiro atoms. The SMILES string of the molecule is CC(C)(C)OC(C)(C)CCC(C)(C)OC=O.Cc1cccc(C(=O)C(C)(C)C)c1. The van der Waals surface area contributed by atoms with Crippen LogP contribution < -0.4 is 0 Å². The Kier molecular flexibility index (Phi) is 9.78. The van der Waals surface area contributed by atoms with E-state index in [1.54, 1.807) is 0 Å². The van der Waals surface area contributed by atoms with Crippen LogP contribution in [-0.2, 0) is 14.3 Å². The van der Waals surface area contributed by atoms with Gasteiger partial charge in [-0.2, -0.15) is 0 Å². The van der Waals surface area contributed by atoms with Crippen LogP contribution in [0.1, 0.15) is 98.0 Å². The Morgan fingerprint density at radius 3 is 1.83 bits per heavy atom. The molecule has 166 valence electrons. The molecule has 1 rings (SSSR count). The van der Waals surface area contributed by atoms with Crippen LogP contribution in [-0.4, -0.2) is 29.1 Å². The molecule has 0 N–H and O–H groups in total. The maximum absolute atomic E-state index is 11.8.